The molecule has 0 bridgehead atoms. The first kappa shape index (κ1) is 17.5. The van der Waals surface area contributed by atoms with E-state index in [1.165, 1.54) is 18.9 Å². The molecule has 0 aliphatic carbocycles. The zero-order valence-corrected chi connectivity index (χ0v) is 14.4. The van der Waals surface area contributed by atoms with Gasteiger partial charge in [-0.2, -0.15) is 0 Å². The average molecular weight is 334 g/mol. The second kappa shape index (κ2) is 8.12. The molecule has 1 aromatic heterocycles. The first-order chi connectivity index (χ1) is 11.1. The molecule has 0 saturated carbocycles. The van der Waals surface area contributed by atoms with E-state index in [0.717, 1.165) is 11.4 Å². The number of ether oxygens (including phenoxy) is 1. The van der Waals surface area contributed by atoms with Crippen molar-refractivity contribution in [2.24, 2.45) is 5.73 Å². The van der Waals surface area contributed by atoms with E-state index < -0.39 is 0 Å². The summed E-state index contributed by atoms with van der Waals surface area (Å²) in [5.41, 5.74) is 7.46. The minimum Gasteiger partial charge on any atom is -0.468 e. The summed E-state index contributed by atoms with van der Waals surface area (Å²) in [4.78, 5) is 11.6. The number of carbonyl (C=O) groups excluding carboxylic acids is 1. The van der Waals surface area contributed by atoms with E-state index in [1.54, 1.807) is 6.92 Å². The van der Waals surface area contributed by atoms with E-state index in [4.69, 9.17) is 10.5 Å². The Morgan fingerprint density at radius 3 is 2.65 bits per heavy atom. The minimum atomic E-state index is -0.340. The molecule has 0 aliphatic rings. The molecule has 2 aromatic rings. The van der Waals surface area contributed by atoms with Gasteiger partial charge in [0.1, 0.15) is 5.25 Å². The van der Waals surface area contributed by atoms with Gasteiger partial charge in [-0.15, -0.1) is 10.2 Å². The monoisotopic (exact) mass is 334 g/mol. The molecule has 0 saturated heterocycles. The molecule has 1 aromatic carbocycles. The molecular weight excluding hydrogens is 312 g/mol. The summed E-state index contributed by atoms with van der Waals surface area (Å²) < 4.78 is 6.71. The Kier molecular flexibility index (Phi) is 6.18. The highest BCUT2D eigenvalue weighted by molar-refractivity contribution is 8.00. The summed E-state index contributed by atoms with van der Waals surface area (Å²) in [7, 11) is 1.38. The maximum Gasteiger partial charge on any atom is 0.318 e. The summed E-state index contributed by atoms with van der Waals surface area (Å²) in [6.07, 6.45) is 0.691. The second-order valence-electron chi connectivity index (χ2n) is 5.16. The summed E-state index contributed by atoms with van der Waals surface area (Å²) in [6, 6.07) is 9.81. The average Bonchev–Trinajstić information content (AvgIpc) is 2.97. The summed E-state index contributed by atoms with van der Waals surface area (Å²) in [5.74, 6) is 0.451. The molecule has 23 heavy (non-hydrogen) atoms. The van der Waals surface area contributed by atoms with Gasteiger partial charge in [0.15, 0.2) is 11.0 Å². The van der Waals surface area contributed by atoms with Crippen molar-refractivity contribution in [2.45, 2.75) is 43.3 Å². The van der Waals surface area contributed by atoms with E-state index in [9.17, 15) is 4.79 Å². The molecule has 2 atom stereocenters. The quantitative estimate of drug-likeness (QED) is 0.617. The highest BCUT2D eigenvalue weighted by atomic mass is 32.2. The van der Waals surface area contributed by atoms with Crippen LogP contribution in [0.2, 0.25) is 0 Å². The van der Waals surface area contributed by atoms with Crippen LogP contribution < -0.4 is 5.73 Å². The van der Waals surface area contributed by atoms with E-state index in [1.807, 2.05) is 41.8 Å². The maximum absolute atomic E-state index is 11.6. The fourth-order valence-corrected chi connectivity index (χ4v) is 3.24. The number of methoxy groups -OCH3 is 1. The summed E-state index contributed by atoms with van der Waals surface area (Å²) in [6.45, 7) is 4.49. The Morgan fingerprint density at radius 1 is 1.35 bits per heavy atom. The van der Waals surface area contributed by atoms with Gasteiger partial charge in [-0.05, 0) is 25.8 Å². The van der Waals surface area contributed by atoms with Crippen molar-refractivity contribution in [1.29, 1.82) is 0 Å². The predicted molar refractivity (Wildman–Crippen MR) is 90.1 cm³/mol. The Morgan fingerprint density at radius 2 is 2.04 bits per heavy atom. The van der Waals surface area contributed by atoms with Crippen molar-refractivity contribution >= 4 is 17.7 Å². The number of esters is 1. The third kappa shape index (κ3) is 4.33. The lowest BCUT2D eigenvalue weighted by molar-refractivity contribution is -0.139. The largest absolute Gasteiger partial charge is 0.468 e. The number of hydrogen-bond donors (Lipinski definition) is 1. The molecule has 0 aliphatic heterocycles. The van der Waals surface area contributed by atoms with Crippen molar-refractivity contribution < 1.29 is 9.53 Å². The topological polar surface area (TPSA) is 83.0 Å². The molecule has 2 N–H and O–H groups in total. The van der Waals surface area contributed by atoms with Gasteiger partial charge in [-0.3, -0.25) is 4.79 Å². The minimum absolute atomic E-state index is 0.243. The number of nitrogens with two attached hydrogens (primary N) is 1. The van der Waals surface area contributed by atoms with Crippen LogP contribution in [0.25, 0.3) is 0 Å². The Labute approximate surface area is 140 Å². The molecular formula is C16H22N4O2S. The van der Waals surface area contributed by atoms with Crippen LogP contribution in [0, 0.1) is 0 Å². The Bertz CT molecular complexity index is 645. The van der Waals surface area contributed by atoms with Gasteiger partial charge in [0.25, 0.3) is 0 Å². The van der Waals surface area contributed by atoms with Gasteiger partial charge < -0.3 is 15.0 Å². The van der Waals surface area contributed by atoms with Gasteiger partial charge in [0.2, 0.25) is 0 Å². The molecule has 1 unspecified atom stereocenters. The van der Waals surface area contributed by atoms with Crippen molar-refractivity contribution in [3.8, 4) is 0 Å². The second-order valence-corrected chi connectivity index (χ2v) is 6.47. The number of carbonyl (C=O) groups is 1. The fraction of sp³-hybridized carbons (Fsp3) is 0.438. The Balaban J connectivity index is 2.15. The van der Waals surface area contributed by atoms with Gasteiger partial charge >= 0.3 is 5.97 Å². The number of rotatable bonds is 7. The molecule has 2 rings (SSSR count). The van der Waals surface area contributed by atoms with Crippen LogP contribution in [0.15, 0.2) is 35.5 Å². The zero-order valence-electron chi connectivity index (χ0n) is 13.6. The number of hydrogen-bond acceptors (Lipinski definition) is 6. The van der Waals surface area contributed by atoms with Gasteiger partial charge in [-0.1, -0.05) is 42.1 Å². The molecule has 0 fully saturated rings. The number of aromatic nitrogens is 3. The van der Waals surface area contributed by atoms with Crippen molar-refractivity contribution in [3.05, 3.63) is 41.7 Å². The van der Waals surface area contributed by atoms with Crippen LogP contribution >= 0.6 is 11.8 Å². The molecule has 124 valence electrons. The number of benzene rings is 1. The van der Waals surface area contributed by atoms with Crippen LogP contribution in [0.1, 0.15) is 31.3 Å². The van der Waals surface area contributed by atoms with Crippen LogP contribution in [-0.2, 0) is 22.5 Å². The molecule has 0 spiro atoms. The van der Waals surface area contributed by atoms with Crippen molar-refractivity contribution in [1.82, 2.24) is 14.8 Å². The molecule has 0 radical (unpaired) electrons. The lowest BCUT2D eigenvalue weighted by Crippen LogP contribution is -2.20. The fourth-order valence-electron chi connectivity index (χ4n) is 2.29. The zero-order chi connectivity index (χ0) is 16.8. The van der Waals surface area contributed by atoms with Crippen LogP contribution in [0.5, 0.6) is 0 Å². The number of thioether (sulfide) groups is 1. The number of nitrogens with zero attached hydrogens (tertiary/aromatic N) is 3. The van der Waals surface area contributed by atoms with Crippen molar-refractivity contribution in [3.63, 3.8) is 0 Å². The predicted octanol–water partition coefficient (Wildman–Crippen LogP) is 2.19. The van der Waals surface area contributed by atoms with E-state index in [2.05, 4.69) is 10.2 Å². The van der Waals surface area contributed by atoms with Crippen LogP contribution in [-0.4, -0.2) is 33.1 Å². The lowest BCUT2D eigenvalue weighted by atomic mass is 10.1. The van der Waals surface area contributed by atoms with Gasteiger partial charge in [0, 0.05) is 6.54 Å². The normalized spacial score (nSPS) is 13.6. The van der Waals surface area contributed by atoms with Gasteiger partial charge in [0.05, 0.1) is 13.2 Å². The van der Waals surface area contributed by atoms with E-state index >= 15 is 0 Å². The summed E-state index contributed by atoms with van der Waals surface area (Å²) >= 11 is 1.33. The third-order valence-electron chi connectivity index (χ3n) is 3.51. The standard InChI is InChI=1S/C16H22N4O2S/c1-4-20-14(13(17)10-12-8-6-5-7-9-12)18-19-16(20)23-11(2)15(21)22-3/h5-9,11,13H,4,10,17H2,1-3H3/t11?,13-/m0/s1. The Hall–Kier alpha value is -1.86. The molecule has 6 nitrogen and oxygen atoms in total. The smallest absolute Gasteiger partial charge is 0.318 e. The van der Waals surface area contributed by atoms with Crippen molar-refractivity contribution in [2.75, 3.05) is 7.11 Å². The highest BCUT2D eigenvalue weighted by Gasteiger charge is 2.22. The van der Waals surface area contributed by atoms with E-state index in [-0.39, 0.29) is 17.3 Å². The highest BCUT2D eigenvalue weighted by Crippen LogP contribution is 2.25. The van der Waals surface area contributed by atoms with Gasteiger partial charge in [-0.25, -0.2) is 0 Å². The SMILES string of the molecule is CCn1c(SC(C)C(=O)OC)nnc1[C@@H](N)Cc1ccccc1. The molecule has 7 heteroatoms. The first-order valence-corrected chi connectivity index (χ1v) is 8.41. The maximum atomic E-state index is 11.6. The van der Waals surface area contributed by atoms with Crippen LogP contribution in [0.4, 0.5) is 0 Å². The summed E-state index contributed by atoms with van der Waals surface area (Å²) in [5, 5.41) is 8.77. The van der Waals surface area contributed by atoms with E-state index in [0.29, 0.717) is 18.1 Å². The molecule has 0 amide bonds. The molecule has 1 heterocycles. The lowest BCUT2D eigenvalue weighted by Gasteiger charge is -2.14. The third-order valence-corrected chi connectivity index (χ3v) is 4.57. The van der Waals surface area contributed by atoms with Crippen LogP contribution in [0.3, 0.4) is 0 Å². The first-order valence-electron chi connectivity index (χ1n) is 7.53.